The fourth-order valence-electron chi connectivity index (χ4n) is 2.47. The Morgan fingerprint density at radius 3 is 3.06 bits per heavy atom. The fourth-order valence-corrected chi connectivity index (χ4v) is 2.60. The van der Waals surface area contributed by atoms with Gasteiger partial charge in [0.05, 0.1) is 11.9 Å². The van der Waals surface area contributed by atoms with E-state index in [0.29, 0.717) is 11.7 Å². The number of nitrogens with two attached hydrogens (primary N) is 1. The Labute approximate surface area is 107 Å². The van der Waals surface area contributed by atoms with Crippen molar-refractivity contribution in [1.82, 2.24) is 9.97 Å². The lowest BCUT2D eigenvalue weighted by atomic mass is 10.1. The molecule has 1 saturated heterocycles. The number of nitrogen functional groups attached to an aromatic ring is 1. The highest BCUT2D eigenvalue weighted by atomic mass is 35.5. The quantitative estimate of drug-likeness (QED) is 0.825. The van der Waals surface area contributed by atoms with Crippen molar-refractivity contribution in [2.24, 2.45) is 0 Å². The van der Waals surface area contributed by atoms with Crippen LogP contribution in [0.4, 0.5) is 11.5 Å². The van der Waals surface area contributed by atoms with Gasteiger partial charge >= 0.3 is 0 Å². The van der Waals surface area contributed by atoms with Crippen LogP contribution in [-0.4, -0.2) is 22.6 Å². The molecule has 0 spiro atoms. The molecule has 1 aromatic rings. The van der Waals surface area contributed by atoms with Crippen LogP contribution in [0.5, 0.6) is 0 Å². The van der Waals surface area contributed by atoms with E-state index in [4.69, 9.17) is 17.3 Å². The van der Waals surface area contributed by atoms with Crippen LogP contribution < -0.4 is 10.6 Å². The van der Waals surface area contributed by atoms with Crippen molar-refractivity contribution in [3.8, 4) is 0 Å². The van der Waals surface area contributed by atoms with Crippen molar-refractivity contribution in [3.05, 3.63) is 11.5 Å². The topological polar surface area (TPSA) is 55.0 Å². The fraction of sp³-hybridized carbons (Fsp3) is 0.667. The minimum Gasteiger partial charge on any atom is -0.394 e. The minimum atomic E-state index is 0.272. The summed E-state index contributed by atoms with van der Waals surface area (Å²) in [7, 11) is 0. The first-order valence-corrected chi connectivity index (χ1v) is 6.64. The molecule has 0 saturated carbocycles. The van der Waals surface area contributed by atoms with Gasteiger partial charge in [-0.25, -0.2) is 4.98 Å². The second kappa shape index (κ2) is 5.54. The molecule has 0 aliphatic carbocycles. The number of anilines is 2. The van der Waals surface area contributed by atoms with Gasteiger partial charge in [-0.15, -0.1) is 0 Å². The molecule has 1 atom stereocenters. The molecule has 0 amide bonds. The summed E-state index contributed by atoms with van der Waals surface area (Å²) in [5, 5.41) is 0.272. The standard InChI is InChI=1S/C12H19ClN4/c1-2-9-6-4-3-5-7-17(9)11-10(14)8-15-12(13)16-11/h8-9H,2-7,14H2,1H3. The minimum absolute atomic E-state index is 0.272. The molecule has 2 rings (SSSR count). The third-order valence-corrected chi connectivity index (χ3v) is 3.57. The van der Waals surface area contributed by atoms with Crippen molar-refractivity contribution in [2.45, 2.75) is 45.1 Å². The van der Waals surface area contributed by atoms with Gasteiger partial charge in [0, 0.05) is 12.6 Å². The van der Waals surface area contributed by atoms with Crippen LogP contribution >= 0.6 is 11.6 Å². The maximum absolute atomic E-state index is 5.96. The van der Waals surface area contributed by atoms with E-state index in [1.54, 1.807) is 6.20 Å². The Morgan fingerprint density at radius 2 is 2.29 bits per heavy atom. The summed E-state index contributed by atoms with van der Waals surface area (Å²) in [6.45, 7) is 3.22. The summed E-state index contributed by atoms with van der Waals surface area (Å²) in [6.07, 6.45) is 7.68. The highest BCUT2D eigenvalue weighted by molar-refractivity contribution is 6.28. The van der Waals surface area contributed by atoms with E-state index in [2.05, 4.69) is 21.8 Å². The molecule has 0 bridgehead atoms. The summed E-state index contributed by atoms with van der Waals surface area (Å²) in [4.78, 5) is 10.5. The van der Waals surface area contributed by atoms with E-state index in [9.17, 15) is 0 Å². The van der Waals surface area contributed by atoms with Crippen LogP contribution in [0.15, 0.2) is 6.20 Å². The van der Waals surface area contributed by atoms with E-state index in [0.717, 1.165) is 18.8 Å². The summed E-state index contributed by atoms with van der Waals surface area (Å²) < 4.78 is 0. The van der Waals surface area contributed by atoms with Crippen LogP contribution in [-0.2, 0) is 0 Å². The Hall–Kier alpha value is -1.03. The maximum Gasteiger partial charge on any atom is 0.224 e. The normalized spacial score (nSPS) is 21.3. The maximum atomic E-state index is 5.96. The first-order chi connectivity index (χ1) is 8.22. The molecule has 5 heteroatoms. The number of halogens is 1. The van der Waals surface area contributed by atoms with E-state index >= 15 is 0 Å². The van der Waals surface area contributed by atoms with Crippen molar-refractivity contribution in [3.63, 3.8) is 0 Å². The van der Waals surface area contributed by atoms with E-state index < -0.39 is 0 Å². The monoisotopic (exact) mass is 254 g/mol. The Balaban J connectivity index is 2.31. The van der Waals surface area contributed by atoms with E-state index in [1.165, 1.54) is 25.7 Å². The van der Waals surface area contributed by atoms with Gasteiger partial charge in [-0.1, -0.05) is 19.8 Å². The second-order valence-corrected chi connectivity index (χ2v) is 4.86. The summed E-state index contributed by atoms with van der Waals surface area (Å²) in [5.41, 5.74) is 6.58. The molecule has 0 radical (unpaired) electrons. The molecule has 17 heavy (non-hydrogen) atoms. The summed E-state index contributed by atoms with van der Waals surface area (Å²) in [6, 6.07) is 0.519. The van der Waals surface area contributed by atoms with Gasteiger partial charge in [-0.3, -0.25) is 0 Å². The van der Waals surface area contributed by atoms with E-state index in [1.807, 2.05) is 0 Å². The van der Waals surface area contributed by atoms with Gasteiger partial charge in [0.1, 0.15) is 0 Å². The third-order valence-electron chi connectivity index (χ3n) is 3.39. The summed E-state index contributed by atoms with van der Waals surface area (Å²) >= 11 is 5.86. The molecule has 0 aromatic carbocycles. The van der Waals surface area contributed by atoms with Crippen LogP contribution in [0.1, 0.15) is 39.0 Å². The van der Waals surface area contributed by atoms with Gasteiger partial charge in [0.2, 0.25) is 5.28 Å². The predicted octanol–water partition coefficient (Wildman–Crippen LogP) is 2.87. The average molecular weight is 255 g/mol. The lowest BCUT2D eigenvalue weighted by Crippen LogP contribution is -2.35. The molecule has 1 fully saturated rings. The number of rotatable bonds is 2. The molecule has 2 N–H and O–H groups in total. The number of hydrogen-bond donors (Lipinski definition) is 1. The zero-order chi connectivity index (χ0) is 12.3. The highest BCUT2D eigenvalue weighted by Crippen LogP contribution is 2.28. The number of nitrogens with zero attached hydrogens (tertiary/aromatic N) is 3. The van der Waals surface area contributed by atoms with Crippen molar-refractivity contribution in [2.75, 3.05) is 17.2 Å². The Morgan fingerprint density at radius 1 is 1.47 bits per heavy atom. The van der Waals surface area contributed by atoms with Crippen LogP contribution in [0.2, 0.25) is 5.28 Å². The van der Waals surface area contributed by atoms with Crippen molar-refractivity contribution >= 4 is 23.1 Å². The SMILES string of the molecule is CCC1CCCCCN1c1nc(Cl)ncc1N. The van der Waals surface area contributed by atoms with Crippen molar-refractivity contribution < 1.29 is 0 Å². The lowest BCUT2D eigenvalue weighted by Gasteiger charge is -2.31. The zero-order valence-corrected chi connectivity index (χ0v) is 11.0. The Bertz CT molecular complexity index is 383. The van der Waals surface area contributed by atoms with E-state index in [-0.39, 0.29) is 5.28 Å². The van der Waals surface area contributed by atoms with Gasteiger partial charge in [-0.05, 0) is 30.9 Å². The first kappa shape index (κ1) is 12.4. The molecule has 2 heterocycles. The van der Waals surface area contributed by atoms with Gasteiger partial charge in [0.25, 0.3) is 0 Å². The number of aromatic nitrogens is 2. The first-order valence-electron chi connectivity index (χ1n) is 6.27. The average Bonchev–Trinajstić information content (AvgIpc) is 2.57. The predicted molar refractivity (Wildman–Crippen MR) is 71.3 cm³/mol. The molecule has 1 aliphatic heterocycles. The van der Waals surface area contributed by atoms with Crippen LogP contribution in [0.3, 0.4) is 0 Å². The molecular weight excluding hydrogens is 236 g/mol. The Kier molecular flexibility index (Phi) is 4.05. The number of hydrogen-bond acceptors (Lipinski definition) is 4. The lowest BCUT2D eigenvalue weighted by molar-refractivity contribution is 0.552. The second-order valence-electron chi connectivity index (χ2n) is 4.52. The smallest absolute Gasteiger partial charge is 0.224 e. The largest absolute Gasteiger partial charge is 0.394 e. The van der Waals surface area contributed by atoms with Crippen LogP contribution in [0, 0.1) is 0 Å². The molecular formula is C12H19ClN4. The summed E-state index contributed by atoms with van der Waals surface area (Å²) in [5.74, 6) is 0.804. The highest BCUT2D eigenvalue weighted by Gasteiger charge is 2.22. The molecule has 94 valence electrons. The molecule has 1 unspecified atom stereocenters. The third kappa shape index (κ3) is 2.80. The van der Waals surface area contributed by atoms with Gasteiger partial charge in [0.15, 0.2) is 5.82 Å². The van der Waals surface area contributed by atoms with Crippen LogP contribution in [0.25, 0.3) is 0 Å². The molecule has 1 aliphatic rings. The van der Waals surface area contributed by atoms with Gasteiger partial charge in [-0.2, -0.15) is 4.98 Å². The van der Waals surface area contributed by atoms with Gasteiger partial charge < -0.3 is 10.6 Å². The van der Waals surface area contributed by atoms with Crippen molar-refractivity contribution in [1.29, 1.82) is 0 Å². The molecule has 1 aromatic heterocycles. The molecule has 4 nitrogen and oxygen atoms in total. The zero-order valence-electron chi connectivity index (χ0n) is 10.2.